The molecule has 0 unspecified atom stereocenters. The van der Waals surface area contributed by atoms with Crippen LogP contribution in [0.5, 0.6) is 0 Å². The highest BCUT2D eigenvalue weighted by atomic mass is 79.9. The second kappa shape index (κ2) is 6.06. The van der Waals surface area contributed by atoms with Crippen molar-refractivity contribution >= 4 is 21.8 Å². The number of amides is 1. The summed E-state index contributed by atoms with van der Waals surface area (Å²) in [5.41, 5.74) is 0.773. The number of hydrogen-bond donors (Lipinski definition) is 2. The molecule has 0 atom stereocenters. The molecule has 0 saturated carbocycles. The SMILES string of the molecule is CC(C)(NC(=O)C1CCNCC1)c1cccc(Br)c1. The van der Waals surface area contributed by atoms with Crippen LogP contribution in [-0.2, 0) is 10.3 Å². The Morgan fingerprint density at radius 2 is 2.05 bits per heavy atom. The maximum absolute atomic E-state index is 12.3. The van der Waals surface area contributed by atoms with Crippen molar-refractivity contribution in [2.75, 3.05) is 13.1 Å². The number of carbonyl (C=O) groups is 1. The molecule has 104 valence electrons. The van der Waals surface area contributed by atoms with E-state index in [-0.39, 0.29) is 17.4 Å². The Bertz CT molecular complexity index is 453. The van der Waals surface area contributed by atoms with Gasteiger partial charge >= 0.3 is 0 Å². The van der Waals surface area contributed by atoms with Crippen molar-refractivity contribution in [2.24, 2.45) is 5.92 Å². The lowest BCUT2D eigenvalue weighted by atomic mass is 9.91. The fourth-order valence-corrected chi connectivity index (χ4v) is 2.84. The summed E-state index contributed by atoms with van der Waals surface area (Å²) in [5.74, 6) is 0.319. The van der Waals surface area contributed by atoms with E-state index in [4.69, 9.17) is 0 Å². The van der Waals surface area contributed by atoms with Crippen LogP contribution in [0.3, 0.4) is 0 Å². The zero-order valence-corrected chi connectivity index (χ0v) is 13.1. The molecule has 1 saturated heterocycles. The molecule has 1 aliphatic rings. The van der Waals surface area contributed by atoms with E-state index in [1.807, 2.05) is 32.0 Å². The minimum atomic E-state index is -0.342. The Balaban J connectivity index is 2.05. The van der Waals surface area contributed by atoms with Crippen LogP contribution in [0, 0.1) is 5.92 Å². The van der Waals surface area contributed by atoms with Gasteiger partial charge in [0.15, 0.2) is 0 Å². The third-order valence-electron chi connectivity index (χ3n) is 3.69. The first-order valence-electron chi connectivity index (χ1n) is 6.78. The monoisotopic (exact) mass is 324 g/mol. The van der Waals surface area contributed by atoms with E-state index in [0.717, 1.165) is 36.0 Å². The Morgan fingerprint density at radius 3 is 2.68 bits per heavy atom. The summed E-state index contributed by atoms with van der Waals surface area (Å²) in [4.78, 5) is 12.3. The van der Waals surface area contributed by atoms with Crippen molar-refractivity contribution in [1.29, 1.82) is 0 Å². The van der Waals surface area contributed by atoms with Gasteiger partial charge in [-0.05, 0) is 57.5 Å². The molecule has 3 nitrogen and oxygen atoms in total. The van der Waals surface area contributed by atoms with Gasteiger partial charge in [-0.2, -0.15) is 0 Å². The number of piperidine rings is 1. The second-order valence-corrected chi connectivity index (χ2v) is 6.56. The lowest BCUT2D eigenvalue weighted by molar-refractivity contribution is -0.127. The summed E-state index contributed by atoms with van der Waals surface area (Å²) >= 11 is 3.48. The minimum Gasteiger partial charge on any atom is -0.347 e. The number of rotatable bonds is 3. The average Bonchev–Trinajstić information content (AvgIpc) is 2.39. The summed E-state index contributed by atoms with van der Waals surface area (Å²) in [6, 6.07) is 8.10. The highest BCUT2D eigenvalue weighted by Gasteiger charge is 2.28. The fourth-order valence-electron chi connectivity index (χ4n) is 2.44. The normalized spacial score (nSPS) is 17.2. The van der Waals surface area contributed by atoms with Crippen molar-refractivity contribution in [3.05, 3.63) is 34.3 Å². The maximum Gasteiger partial charge on any atom is 0.223 e. The molecular formula is C15H21BrN2O. The molecule has 19 heavy (non-hydrogen) atoms. The van der Waals surface area contributed by atoms with Crippen molar-refractivity contribution in [3.8, 4) is 0 Å². The van der Waals surface area contributed by atoms with Gasteiger partial charge in [-0.1, -0.05) is 28.1 Å². The lowest BCUT2D eigenvalue weighted by Gasteiger charge is -2.31. The first-order chi connectivity index (χ1) is 8.99. The van der Waals surface area contributed by atoms with Crippen LogP contribution in [0.15, 0.2) is 28.7 Å². The topological polar surface area (TPSA) is 41.1 Å². The van der Waals surface area contributed by atoms with Crippen LogP contribution >= 0.6 is 15.9 Å². The molecule has 0 aliphatic carbocycles. The smallest absolute Gasteiger partial charge is 0.223 e. The van der Waals surface area contributed by atoms with Gasteiger partial charge in [0.05, 0.1) is 5.54 Å². The van der Waals surface area contributed by atoms with Crippen LogP contribution in [0.1, 0.15) is 32.3 Å². The summed E-state index contributed by atoms with van der Waals surface area (Å²) in [6.07, 6.45) is 1.86. The molecule has 1 aromatic carbocycles. The first kappa shape index (κ1) is 14.5. The van der Waals surface area contributed by atoms with Crippen molar-refractivity contribution < 1.29 is 4.79 Å². The van der Waals surface area contributed by atoms with E-state index in [0.29, 0.717) is 0 Å². The standard InChI is InChI=1S/C15H21BrN2O/c1-15(2,12-4-3-5-13(16)10-12)18-14(19)11-6-8-17-9-7-11/h3-5,10-11,17H,6-9H2,1-2H3,(H,18,19). The van der Waals surface area contributed by atoms with Crippen molar-refractivity contribution in [1.82, 2.24) is 10.6 Å². The van der Waals surface area contributed by atoms with Crippen LogP contribution < -0.4 is 10.6 Å². The largest absolute Gasteiger partial charge is 0.347 e. The Labute approximate surface area is 123 Å². The predicted molar refractivity (Wildman–Crippen MR) is 80.9 cm³/mol. The minimum absolute atomic E-state index is 0.146. The molecule has 0 bridgehead atoms. The fraction of sp³-hybridized carbons (Fsp3) is 0.533. The third-order valence-corrected chi connectivity index (χ3v) is 4.19. The Morgan fingerprint density at radius 1 is 1.37 bits per heavy atom. The molecular weight excluding hydrogens is 304 g/mol. The van der Waals surface area contributed by atoms with E-state index in [1.54, 1.807) is 0 Å². The molecule has 1 aliphatic heterocycles. The molecule has 1 amide bonds. The van der Waals surface area contributed by atoms with Crippen LogP contribution in [0.25, 0.3) is 0 Å². The van der Waals surface area contributed by atoms with Gasteiger partial charge in [-0.3, -0.25) is 4.79 Å². The van der Waals surface area contributed by atoms with Gasteiger partial charge in [0.1, 0.15) is 0 Å². The molecule has 0 radical (unpaired) electrons. The van der Waals surface area contributed by atoms with Gasteiger partial charge in [0.2, 0.25) is 5.91 Å². The molecule has 1 fully saturated rings. The third kappa shape index (κ3) is 3.80. The van der Waals surface area contributed by atoms with Gasteiger partial charge in [0, 0.05) is 10.4 Å². The molecule has 1 aromatic rings. The maximum atomic E-state index is 12.3. The van der Waals surface area contributed by atoms with E-state index < -0.39 is 0 Å². The van der Waals surface area contributed by atoms with Crippen molar-refractivity contribution in [2.45, 2.75) is 32.2 Å². The number of halogens is 1. The predicted octanol–water partition coefficient (Wildman–Crippen LogP) is 2.80. The summed E-state index contributed by atoms with van der Waals surface area (Å²) in [7, 11) is 0. The van der Waals surface area contributed by atoms with Crippen LogP contribution in [0.4, 0.5) is 0 Å². The van der Waals surface area contributed by atoms with Crippen LogP contribution in [-0.4, -0.2) is 19.0 Å². The van der Waals surface area contributed by atoms with E-state index in [9.17, 15) is 4.79 Å². The number of nitrogens with one attached hydrogen (secondary N) is 2. The number of hydrogen-bond acceptors (Lipinski definition) is 2. The highest BCUT2D eigenvalue weighted by Crippen LogP contribution is 2.24. The highest BCUT2D eigenvalue weighted by molar-refractivity contribution is 9.10. The average molecular weight is 325 g/mol. The molecule has 2 rings (SSSR count). The van der Waals surface area contributed by atoms with Gasteiger partial charge in [-0.15, -0.1) is 0 Å². The Hall–Kier alpha value is -0.870. The summed E-state index contributed by atoms with van der Waals surface area (Å²) in [6.45, 7) is 5.98. The molecule has 4 heteroatoms. The molecule has 2 N–H and O–H groups in total. The second-order valence-electron chi connectivity index (χ2n) is 5.65. The lowest BCUT2D eigenvalue weighted by Crippen LogP contribution is -2.46. The van der Waals surface area contributed by atoms with Gasteiger partial charge in [-0.25, -0.2) is 0 Å². The quantitative estimate of drug-likeness (QED) is 0.897. The number of benzene rings is 1. The van der Waals surface area contributed by atoms with Crippen LogP contribution in [0.2, 0.25) is 0 Å². The molecule has 0 spiro atoms. The van der Waals surface area contributed by atoms with E-state index >= 15 is 0 Å². The zero-order valence-electron chi connectivity index (χ0n) is 11.5. The molecule has 0 aromatic heterocycles. The van der Waals surface area contributed by atoms with Gasteiger partial charge < -0.3 is 10.6 Å². The van der Waals surface area contributed by atoms with Gasteiger partial charge in [0.25, 0.3) is 0 Å². The summed E-state index contributed by atoms with van der Waals surface area (Å²) in [5, 5.41) is 6.47. The zero-order chi connectivity index (χ0) is 13.9. The number of carbonyl (C=O) groups excluding carboxylic acids is 1. The Kier molecular flexibility index (Phi) is 4.63. The van der Waals surface area contributed by atoms with E-state index in [1.165, 1.54) is 0 Å². The molecule has 1 heterocycles. The van der Waals surface area contributed by atoms with E-state index in [2.05, 4.69) is 32.6 Å². The first-order valence-corrected chi connectivity index (χ1v) is 7.57. The summed E-state index contributed by atoms with van der Waals surface area (Å²) < 4.78 is 1.04. The van der Waals surface area contributed by atoms with Crippen molar-refractivity contribution in [3.63, 3.8) is 0 Å².